The number of carbonyl (C=O) groups is 2. The third kappa shape index (κ3) is 5.06. The van der Waals surface area contributed by atoms with E-state index in [1.807, 2.05) is 35.2 Å². The van der Waals surface area contributed by atoms with Gasteiger partial charge in [-0.3, -0.25) is 9.59 Å². The predicted octanol–water partition coefficient (Wildman–Crippen LogP) is 3.09. The van der Waals surface area contributed by atoms with Crippen molar-refractivity contribution >= 4 is 50.2 Å². The van der Waals surface area contributed by atoms with Crippen molar-refractivity contribution in [2.45, 2.75) is 19.4 Å². The van der Waals surface area contributed by atoms with Crippen LogP contribution in [0.4, 0.5) is 5.13 Å². The summed E-state index contributed by atoms with van der Waals surface area (Å²) >= 11 is 7.52. The number of thiazole rings is 1. The molecule has 3 aromatic rings. The molecule has 0 radical (unpaired) electrons. The molecular formula is C21H22ClN5O2S. The number of pyridine rings is 1. The van der Waals surface area contributed by atoms with Gasteiger partial charge in [0, 0.05) is 56.8 Å². The molecule has 2 amide bonds. The molecule has 1 aromatic carbocycles. The number of rotatable bonds is 6. The summed E-state index contributed by atoms with van der Waals surface area (Å²) in [5, 5.41) is 4.41. The van der Waals surface area contributed by atoms with Crippen molar-refractivity contribution in [3.05, 3.63) is 53.2 Å². The van der Waals surface area contributed by atoms with Gasteiger partial charge in [-0.25, -0.2) is 9.97 Å². The van der Waals surface area contributed by atoms with E-state index >= 15 is 0 Å². The van der Waals surface area contributed by atoms with E-state index in [-0.39, 0.29) is 24.7 Å². The lowest BCUT2D eigenvalue weighted by Crippen LogP contribution is -2.48. The Morgan fingerprint density at radius 2 is 1.93 bits per heavy atom. The van der Waals surface area contributed by atoms with Crippen LogP contribution in [0.3, 0.4) is 0 Å². The van der Waals surface area contributed by atoms with Crippen LogP contribution in [0.1, 0.15) is 18.4 Å². The molecule has 1 fully saturated rings. The highest BCUT2D eigenvalue weighted by Gasteiger charge is 2.23. The van der Waals surface area contributed by atoms with Gasteiger partial charge in [-0.15, -0.1) is 0 Å². The number of piperazine rings is 1. The van der Waals surface area contributed by atoms with Crippen molar-refractivity contribution in [2.75, 3.05) is 31.1 Å². The Morgan fingerprint density at radius 3 is 2.70 bits per heavy atom. The quantitative estimate of drug-likeness (QED) is 0.633. The van der Waals surface area contributed by atoms with E-state index < -0.39 is 0 Å². The minimum atomic E-state index is -0.135. The van der Waals surface area contributed by atoms with Crippen molar-refractivity contribution in [2.24, 2.45) is 0 Å². The van der Waals surface area contributed by atoms with Crippen LogP contribution in [0.25, 0.3) is 10.3 Å². The smallest absolute Gasteiger partial charge is 0.223 e. The molecular weight excluding hydrogens is 422 g/mol. The molecule has 2 aromatic heterocycles. The number of benzene rings is 1. The molecule has 1 aliphatic heterocycles. The zero-order valence-corrected chi connectivity index (χ0v) is 18.0. The van der Waals surface area contributed by atoms with E-state index in [1.54, 1.807) is 23.6 Å². The molecule has 1 aliphatic rings. The Bertz CT molecular complexity index is 1020. The SMILES string of the molecule is O=C(CCC(=O)N1CCN(c2nc3cccnc3s2)CC1)NCc1cccc(Cl)c1. The van der Waals surface area contributed by atoms with Crippen LogP contribution in [0.2, 0.25) is 5.02 Å². The summed E-state index contributed by atoms with van der Waals surface area (Å²) in [5.74, 6) is -0.123. The minimum Gasteiger partial charge on any atom is -0.352 e. The summed E-state index contributed by atoms with van der Waals surface area (Å²) in [5.41, 5.74) is 1.84. The van der Waals surface area contributed by atoms with Crippen LogP contribution in [-0.2, 0) is 16.1 Å². The Morgan fingerprint density at radius 1 is 1.10 bits per heavy atom. The van der Waals surface area contributed by atoms with Crippen molar-refractivity contribution < 1.29 is 9.59 Å². The standard InChI is InChI=1S/C21H22ClN5O2S/c22-16-4-1-3-15(13-16)14-24-18(28)6-7-19(29)26-9-11-27(12-10-26)21-25-17-5-2-8-23-20(17)30-21/h1-5,8,13H,6-7,9-12,14H2,(H,24,28). The van der Waals surface area contributed by atoms with Gasteiger partial charge in [0.05, 0.1) is 0 Å². The largest absolute Gasteiger partial charge is 0.352 e. The first kappa shape index (κ1) is 20.6. The lowest BCUT2D eigenvalue weighted by Gasteiger charge is -2.34. The molecule has 0 unspecified atom stereocenters. The third-order valence-corrected chi connectivity index (χ3v) is 6.28. The number of amides is 2. The highest BCUT2D eigenvalue weighted by Crippen LogP contribution is 2.27. The fraction of sp³-hybridized carbons (Fsp3) is 0.333. The van der Waals surface area contributed by atoms with Gasteiger partial charge in [-0.05, 0) is 29.8 Å². The van der Waals surface area contributed by atoms with Crippen molar-refractivity contribution in [1.82, 2.24) is 20.2 Å². The van der Waals surface area contributed by atoms with E-state index in [0.29, 0.717) is 24.7 Å². The Labute approximate surface area is 183 Å². The molecule has 0 spiro atoms. The molecule has 156 valence electrons. The zero-order valence-electron chi connectivity index (χ0n) is 16.4. The molecule has 0 aliphatic carbocycles. The summed E-state index contributed by atoms with van der Waals surface area (Å²) in [7, 11) is 0. The maximum atomic E-state index is 12.5. The molecule has 0 saturated carbocycles. The van der Waals surface area contributed by atoms with Gasteiger partial charge in [-0.1, -0.05) is 35.1 Å². The van der Waals surface area contributed by atoms with Gasteiger partial charge < -0.3 is 15.1 Å². The van der Waals surface area contributed by atoms with Crippen LogP contribution in [0.15, 0.2) is 42.6 Å². The molecule has 0 atom stereocenters. The summed E-state index contributed by atoms with van der Waals surface area (Å²) in [6.07, 6.45) is 2.17. The number of hydrogen-bond acceptors (Lipinski definition) is 6. The van der Waals surface area contributed by atoms with Crippen LogP contribution < -0.4 is 10.2 Å². The second-order valence-corrected chi connectivity index (χ2v) is 8.49. The van der Waals surface area contributed by atoms with E-state index in [0.717, 1.165) is 34.1 Å². The topological polar surface area (TPSA) is 78.4 Å². The lowest BCUT2D eigenvalue weighted by atomic mass is 10.2. The summed E-state index contributed by atoms with van der Waals surface area (Å²) in [4.78, 5) is 38.5. The van der Waals surface area contributed by atoms with E-state index in [2.05, 4.69) is 20.2 Å². The molecule has 7 nitrogen and oxygen atoms in total. The van der Waals surface area contributed by atoms with Gasteiger partial charge in [-0.2, -0.15) is 0 Å². The van der Waals surface area contributed by atoms with E-state index in [1.165, 1.54) is 0 Å². The van der Waals surface area contributed by atoms with Crippen LogP contribution in [0.5, 0.6) is 0 Å². The zero-order chi connectivity index (χ0) is 20.9. The highest BCUT2D eigenvalue weighted by atomic mass is 35.5. The maximum Gasteiger partial charge on any atom is 0.223 e. The fourth-order valence-corrected chi connectivity index (χ4v) is 4.53. The Hall–Kier alpha value is -2.71. The van der Waals surface area contributed by atoms with Gasteiger partial charge in [0.2, 0.25) is 11.8 Å². The van der Waals surface area contributed by atoms with Crippen molar-refractivity contribution in [3.63, 3.8) is 0 Å². The van der Waals surface area contributed by atoms with Crippen molar-refractivity contribution in [1.29, 1.82) is 0 Å². The van der Waals surface area contributed by atoms with Crippen LogP contribution >= 0.6 is 22.9 Å². The van der Waals surface area contributed by atoms with Gasteiger partial charge in [0.25, 0.3) is 0 Å². The molecule has 3 heterocycles. The second-order valence-electron chi connectivity index (χ2n) is 7.10. The first-order chi connectivity index (χ1) is 14.6. The van der Waals surface area contributed by atoms with Crippen molar-refractivity contribution in [3.8, 4) is 0 Å². The average Bonchev–Trinajstić information content (AvgIpc) is 3.20. The van der Waals surface area contributed by atoms with Gasteiger partial charge in [0.1, 0.15) is 10.3 Å². The number of carbonyl (C=O) groups excluding carboxylic acids is 2. The van der Waals surface area contributed by atoms with Gasteiger partial charge in [0.15, 0.2) is 5.13 Å². The fourth-order valence-electron chi connectivity index (χ4n) is 3.36. The summed E-state index contributed by atoms with van der Waals surface area (Å²) in [6.45, 7) is 3.13. The summed E-state index contributed by atoms with van der Waals surface area (Å²) < 4.78 is 0. The Kier molecular flexibility index (Phi) is 6.44. The molecule has 0 bridgehead atoms. The minimum absolute atomic E-state index is 0.0125. The monoisotopic (exact) mass is 443 g/mol. The molecule has 9 heteroatoms. The van der Waals surface area contributed by atoms with Crippen LogP contribution in [-0.4, -0.2) is 52.9 Å². The molecule has 4 rings (SSSR count). The number of hydrogen-bond donors (Lipinski definition) is 1. The number of nitrogens with zero attached hydrogens (tertiary/aromatic N) is 4. The number of fused-ring (bicyclic) bond motifs is 1. The average molecular weight is 444 g/mol. The van der Waals surface area contributed by atoms with E-state index in [9.17, 15) is 9.59 Å². The number of aromatic nitrogens is 2. The molecule has 30 heavy (non-hydrogen) atoms. The van der Waals surface area contributed by atoms with Gasteiger partial charge >= 0.3 is 0 Å². The van der Waals surface area contributed by atoms with E-state index in [4.69, 9.17) is 11.6 Å². The Balaban J connectivity index is 1.21. The first-order valence-electron chi connectivity index (χ1n) is 9.84. The second kappa shape index (κ2) is 9.40. The number of anilines is 1. The number of nitrogens with one attached hydrogen (secondary N) is 1. The number of halogens is 1. The molecule has 1 N–H and O–H groups in total. The summed E-state index contributed by atoms with van der Waals surface area (Å²) in [6, 6.07) is 11.2. The normalized spacial score (nSPS) is 14.2. The molecule has 1 saturated heterocycles. The lowest BCUT2D eigenvalue weighted by molar-refractivity contribution is -0.133. The highest BCUT2D eigenvalue weighted by molar-refractivity contribution is 7.21. The van der Waals surface area contributed by atoms with Crippen LogP contribution in [0, 0.1) is 0 Å². The predicted molar refractivity (Wildman–Crippen MR) is 119 cm³/mol. The first-order valence-corrected chi connectivity index (χ1v) is 11.0. The maximum absolute atomic E-state index is 12.5. The third-order valence-electron chi connectivity index (χ3n) is 5.00.